The standard InChI is InChI=1S/C18H20N2O3/c21-16(22)11-20-8-5-12-9-13(3-4-15(12)20)19-17(23)14-10-18(14)6-1-2-7-18/h3-5,8-9,14H,1-2,6-7,10-11H2,(H,19,23)(H,21,22). The number of carbonyl (C=O) groups is 2. The van der Waals surface area contributed by atoms with Crippen LogP contribution in [-0.4, -0.2) is 21.6 Å². The van der Waals surface area contributed by atoms with Crippen molar-refractivity contribution in [1.82, 2.24) is 4.57 Å². The first-order valence-corrected chi connectivity index (χ1v) is 8.19. The molecule has 1 aromatic carbocycles. The van der Waals surface area contributed by atoms with Crippen molar-refractivity contribution in [2.45, 2.75) is 38.6 Å². The number of fused-ring (bicyclic) bond motifs is 1. The Hall–Kier alpha value is -2.30. The van der Waals surface area contributed by atoms with Crippen LogP contribution >= 0.6 is 0 Å². The molecule has 2 saturated carbocycles. The molecular weight excluding hydrogens is 292 g/mol. The SMILES string of the molecule is O=C(O)Cn1ccc2cc(NC(=O)C3CC34CCCC4)ccc21. The van der Waals surface area contributed by atoms with Crippen LogP contribution in [0.5, 0.6) is 0 Å². The van der Waals surface area contributed by atoms with Crippen molar-refractivity contribution in [3.05, 3.63) is 30.5 Å². The van der Waals surface area contributed by atoms with Crippen LogP contribution in [0.1, 0.15) is 32.1 Å². The van der Waals surface area contributed by atoms with Crippen LogP contribution in [0.15, 0.2) is 30.5 Å². The van der Waals surface area contributed by atoms with E-state index in [0.717, 1.165) is 23.0 Å². The fourth-order valence-electron chi connectivity index (χ4n) is 4.14. The Kier molecular flexibility index (Phi) is 3.18. The van der Waals surface area contributed by atoms with E-state index < -0.39 is 5.97 Å². The molecule has 2 N–H and O–H groups in total. The van der Waals surface area contributed by atoms with Crippen molar-refractivity contribution in [2.75, 3.05) is 5.32 Å². The van der Waals surface area contributed by atoms with Gasteiger partial charge in [0, 0.05) is 28.7 Å². The summed E-state index contributed by atoms with van der Waals surface area (Å²) in [6.45, 7) is -0.0558. The van der Waals surface area contributed by atoms with Crippen molar-refractivity contribution < 1.29 is 14.7 Å². The minimum Gasteiger partial charge on any atom is -0.480 e. The quantitative estimate of drug-likeness (QED) is 0.910. The highest BCUT2D eigenvalue weighted by Crippen LogP contribution is 2.63. The zero-order valence-corrected chi connectivity index (χ0v) is 12.9. The molecule has 5 nitrogen and oxygen atoms in total. The van der Waals surface area contributed by atoms with Gasteiger partial charge in [-0.2, -0.15) is 0 Å². The molecular formula is C18H20N2O3. The molecule has 2 aliphatic carbocycles. The summed E-state index contributed by atoms with van der Waals surface area (Å²) in [5, 5.41) is 12.9. The number of hydrogen-bond donors (Lipinski definition) is 2. The summed E-state index contributed by atoms with van der Waals surface area (Å²) < 4.78 is 1.69. The van der Waals surface area contributed by atoms with Gasteiger partial charge < -0.3 is 15.0 Å². The lowest BCUT2D eigenvalue weighted by molar-refractivity contribution is -0.137. The smallest absolute Gasteiger partial charge is 0.323 e. The Bertz CT molecular complexity index is 787. The van der Waals surface area contributed by atoms with Crippen LogP contribution in [0, 0.1) is 11.3 Å². The van der Waals surface area contributed by atoms with Gasteiger partial charge in [0.2, 0.25) is 5.91 Å². The van der Waals surface area contributed by atoms with Crippen LogP contribution in [0.3, 0.4) is 0 Å². The van der Waals surface area contributed by atoms with E-state index in [4.69, 9.17) is 5.11 Å². The van der Waals surface area contributed by atoms with Crippen molar-refractivity contribution >= 4 is 28.5 Å². The highest BCUT2D eigenvalue weighted by atomic mass is 16.4. The third kappa shape index (κ3) is 2.50. The number of benzene rings is 1. The number of rotatable bonds is 4. The summed E-state index contributed by atoms with van der Waals surface area (Å²) in [5.41, 5.74) is 1.96. The van der Waals surface area contributed by atoms with Crippen molar-refractivity contribution in [3.63, 3.8) is 0 Å². The number of nitrogens with one attached hydrogen (secondary N) is 1. The molecule has 4 rings (SSSR count). The number of anilines is 1. The first-order valence-electron chi connectivity index (χ1n) is 8.19. The number of amides is 1. The molecule has 23 heavy (non-hydrogen) atoms. The number of nitrogens with zero attached hydrogens (tertiary/aromatic N) is 1. The number of aliphatic carboxylic acids is 1. The largest absolute Gasteiger partial charge is 0.480 e. The topological polar surface area (TPSA) is 71.3 Å². The Morgan fingerprint density at radius 1 is 1.26 bits per heavy atom. The number of hydrogen-bond acceptors (Lipinski definition) is 2. The van der Waals surface area contributed by atoms with Crippen LogP contribution in [0.4, 0.5) is 5.69 Å². The minimum atomic E-state index is -0.865. The van der Waals surface area contributed by atoms with E-state index in [-0.39, 0.29) is 18.4 Å². The number of aromatic nitrogens is 1. The molecule has 1 unspecified atom stereocenters. The van der Waals surface area contributed by atoms with Crippen molar-refractivity contribution in [2.24, 2.45) is 11.3 Å². The molecule has 2 aromatic rings. The predicted octanol–water partition coefficient (Wildman–Crippen LogP) is 3.24. The molecule has 0 radical (unpaired) electrons. The molecule has 2 fully saturated rings. The second kappa shape index (κ2) is 5.11. The molecule has 0 bridgehead atoms. The van der Waals surface area contributed by atoms with Gasteiger partial charge in [-0.05, 0) is 48.9 Å². The van der Waals surface area contributed by atoms with Crippen molar-refractivity contribution in [3.8, 4) is 0 Å². The molecule has 1 spiro atoms. The van der Waals surface area contributed by atoms with E-state index in [0.29, 0.717) is 5.41 Å². The third-order valence-corrected chi connectivity index (χ3v) is 5.45. The molecule has 1 aromatic heterocycles. The van der Waals surface area contributed by atoms with Gasteiger partial charge in [-0.15, -0.1) is 0 Å². The molecule has 5 heteroatoms. The predicted molar refractivity (Wildman–Crippen MR) is 87.2 cm³/mol. The summed E-state index contributed by atoms with van der Waals surface area (Å²) in [7, 11) is 0. The van der Waals surface area contributed by atoms with Gasteiger partial charge in [-0.1, -0.05) is 12.8 Å². The van der Waals surface area contributed by atoms with Gasteiger partial charge >= 0.3 is 5.97 Å². The lowest BCUT2D eigenvalue weighted by Crippen LogP contribution is -2.17. The molecule has 1 heterocycles. The molecule has 120 valence electrons. The lowest BCUT2D eigenvalue weighted by Gasteiger charge is -2.09. The summed E-state index contributed by atoms with van der Waals surface area (Å²) in [6, 6.07) is 7.51. The van der Waals surface area contributed by atoms with E-state index in [2.05, 4.69) is 5.32 Å². The number of carboxylic acid groups (broad SMARTS) is 1. The van der Waals surface area contributed by atoms with Gasteiger partial charge in [0.05, 0.1) is 0 Å². The first-order chi connectivity index (χ1) is 11.1. The maximum Gasteiger partial charge on any atom is 0.323 e. The van der Waals surface area contributed by atoms with E-state index in [1.165, 1.54) is 25.7 Å². The highest BCUT2D eigenvalue weighted by molar-refractivity contribution is 5.97. The van der Waals surface area contributed by atoms with Gasteiger partial charge in [0.15, 0.2) is 0 Å². The van der Waals surface area contributed by atoms with Gasteiger partial charge in [0.25, 0.3) is 0 Å². The summed E-state index contributed by atoms with van der Waals surface area (Å²) in [6.07, 6.45) is 7.71. The third-order valence-electron chi connectivity index (χ3n) is 5.45. The van der Waals surface area contributed by atoms with Gasteiger partial charge in [0.1, 0.15) is 6.54 Å². The minimum absolute atomic E-state index is 0.0558. The second-order valence-electron chi connectivity index (χ2n) is 6.93. The average Bonchev–Trinajstić information content (AvgIpc) is 2.82. The summed E-state index contributed by atoms with van der Waals surface area (Å²) in [4.78, 5) is 23.3. The fraction of sp³-hybridized carbons (Fsp3) is 0.444. The van der Waals surface area contributed by atoms with E-state index in [9.17, 15) is 9.59 Å². The molecule has 2 aliphatic rings. The maximum absolute atomic E-state index is 12.4. The lowest BCUT2D eigenvalue weighted by atomic mass is 10.0. The van der Waals surface area contributed by atoms with E-state index in [1.807, 2.05) is 24.3 Å². The highest BCUT2D eigenvalue weighted by Gasteiger charge is 2.58. The van der Waals surface area contributed by atoms with Crippen LogP contribution in [0.25, 0.3) is 10.9 Å². The first kappa shape index (κ1) is 14.3. The Morgan fingerprint density at radius 3 is 2.78 bits per heavy atom. The van der Waals surface area contributed by atoms with E-state index >= 15 is 0 Å². The second-order valence-corrected chi connectivity index (χ2v) is 6.93. The van der Waals surface area contributed by atoms with Crippen LogP contribution < -0.4 is 5.32 Å². The number of carbonyl (C=O) groups excluding carboxylic acids is 1. The maximum atomic E-state index is 12.4. The average molecular weight is 312 g/mol. The van der Waals surface area contributed by atoms with Gasteiger partial charge in [-0.25, -0.2) is 0 Å². The fourth-order valence-corrected chi connectivity index (χ4v) is 4.14. The zero-order chi connectivity index (χ0) is 16.0. The van der Waals surface area contributed by atoms with Crippen molar-refractivity contribution in [1.29, 1.82) is 0 Å². The summed E-state index contributed by atoms with van der Waals surface area (Å²) >= 11 is 0. The molecule has 0 aliphatic heterocycles. The molecule has 0 saturated heterocycles. The normalized spacial score (nSPS) is 21.7. The monoisotopic (exact) mass is 312 g/mol. The Balaban J connectivity index is 1.49. The Labute approximate surface area is 134 Å². The van der Waals surface area contributed by atoms with E-state index in [1.54, 1.807) is 10.8 Å². The number of carboxylic acids is 1. The zero-order valence-electron chi connectivity index (χ0n) is 12.9. The Morgan fingerprint density at radius 2 is 2.04 bits per heavy atom. The van der Waals surface area contributed by atoms with Gasteiger partial charge in [-0.3, -0.25) is 9.59 Å². The van der Waals surface area contributed by atoms with Crippen LogP contribution in [0.2, 0.25) is 0 Å². The molecule has 1 amide bonds. The van der Waals surface area contributed by atoms with Crippen LogP contribution in [-0.2, 0) is 16.1 Å². The molecule has 1 atom stereocenters. The summed E-state index contributed by atoms with van der Waals surface area (Å²) in [5.74, 6) is -0.552.